The number of halogens is 4. The normalized spacial score (nSPS) is 16.0. The Hall–Kier alpha value is -1.85. The molecule has 0 unspecified atom stereocenters. The Morgan fingerprint density at radius 3 is 2.62 bits per heavy atom. The van der Waals surface area contributed by atoms with E-state index < -0.39 is 17.5 Å². The lowest BCUT2D eigenvalue weighted by Gasteiger charge is -2.18. The van der Waals surface area contributed by atoms with E-state index in [1.165, 1.54) is 24.3 Å². The minimum atomic E-state index is -4.54. The molecule has 0 atom stereocenters. The van der Waals surface area contributed by atoms with Gasteiger partial charge in [0.1, 0.15) is 5.41 Å². The Morgan fingerprint density at radius 2 is 2.10 bits per heavy atom. The molecule has 4 nitrogen and oxygen atoms in total. The molecule has 0 radical (unpaired) electrons. The van der Waals surface area contributed by atoms with Crippen molar-refractivity contribution in [2.24, 2.45) is 10.4 Å². The Balaban J connectivity index is 2.06. The molecule has 112 valence electrons. The van der Waals surface area contributed by atoms with Crippen LogP contribution in [-0.2, 0) is 16.1 Å². The van der Waals surface area contributed by atoms with Gasteiger partial charge in [0.25, 0.3) is 0 Å². The summed E-state index contributed by atoms with van der Waals surface area (Å²) in [6.07, 6.45) is -3.59. The number of nitrogens with zero attached hydrogens (tertiary/aromatic N) is 1. The van der Waals surface area contributed by atoms with Crippen molar-refractivity contribution in [2.45, 2.75) is 25.6 Å². The average molecular weight is 319 g/mol. The molecule has 8 heteroatoms. The summed E-state index contributed by atoms with van der Waals surface area (Å²) in [4.78, 5) is 25.3. The second-order valence-corrected chi connectivity index (χ2v) is 5.16. The molecule has 0 aromatic heterocycles. The first-order valence-electron chi connectivity index (χ1n) is 6.01. The first-order valence-corrected chi connectivity index (χ1v) is 6.39. The van der Waals surface area contributed by atoms with Gasteiger partial charge in [-0.15, -0.1) is 0 Å². The topological polar surface area (TPSA) is 58.5 Å². The smallest absolute Gasteiger partial charge is 0.351 e. The number of isocyanates is 1. The monoisotopic (exact) mass is 318 g/mol. The van der Waals surface area contributed by atoms with Crippen LogP contribution in [0, 0.1) is 5.41 Å². The van der Waals surface area contributed by atoms with E-state index in [0.29, 0.717) is 5.56 Å². The van der Waals surface area contributed by atoms with Gasteiger partial charge in [-0.2, -0.15) is 18.2 Å². The number of hydrogen-bond acceptors (Lipinski definition) is 3. The lowest BCUT2D eigenvalue weighted by atomic mass is 10.1. The summed E-state index contributed by atoms with van der Waals surface area (Å²) in [6, 6.07) is 4.37. The zero-order chi connectivity index (χ0) is 15.7. The summed E-state index contributed by atoms with van der Waals surface area (Å²) in [5.74, 6) is -1.04. The molecular weight excluding hydrogens is 309 g/mol. The summed E-state index contributed by atoms with van der Waals surface area (Å²) in [7, 11) is 0. The van der Waals surface area contributed by atoms with Crippen LogP contribution in [0.4, 0.5) is 18.9 Å². The van der Waals surface area contributed by atoms with Gasteiger partial charge in [0.15, 0.2) is 0 Å². The van der Waals surface area contributed by atoms with Gasteiger partial charge in [-0.3, -0.25) is 4.79 Å². The Kier molecular flexibility index (Phi) is 4.07. The van der Waals surface area contributed by atoms with Gasteiger partial charge in [-0.05, 0) is 30.5 Å². The molecule has 1 aliphatic rings. The highest BCUT2D eigenvalue weighted by Crippen LogP contribution is 2.57. The van der Waals surface area contributed by atoms with Crippen LogP contribution in [0.25, 0.3) is 0 Å². The van der Waals surface area contributed by atoms with Gasteiger partial charge in [0.2, 0.25) is 12.0 Å². The van der Waals surface area contributed by atoms with Gasteiger partial charge in [0.05, 0.1) is 10.7 Å². The number of carbonyl (C=O) groups excluding carboxylic acids is 2. The third-order valence-corrected chi connectivity index (χ3v) is 3.68. The highest BCUT2D eigenvalue weighted by Gasteiger charge is 2.68. The molecule has 0 spiro atoms. The number of carbonyl (C=O) groups is 1. The second-order valence-electron chi connectivity index (χ2n) is 4.75. The van der Waals surface area contributed by atoms with Crippen LogP contribution in [0.3, 0.4) is 0 Å². The molecule has 1 aromatic rings. The van der Waals surface area contributed by atoms with Gasteiger partial charge in [-0.25, -0.2) is 4.79 Å². The van der Waals surface area contributed by atoms with E-state index in [2.05, 4.69) is 10.3 Å². The van der Waals surface area contributed by atoms with Crippen molar-refractivity contribution in [2.75, 3.05) is 0 Å². The van der Waals surface area contributed by atoms with Crippen molar-refractivity contribution in [1.82, 2.24) is 5.32 Å². The molecule has 21 heavy (non-hydrogen) atoms. The molecular formula is C13H10ClF3N2O2. The number of hydrogen-bond donors (Lipinski definition) is 1. The molecule has 1 saturated carbocycles. The van der Waals surface area contributed by atoms with Crippen LogP contribution in [-0.4, -0.2) is 18.2 Å². The molecule has 1 aromatic carbocycles. The molecule has 2 rings (SSSR count). The van der Waals surface area contributed by atoms with E-state index in [1.807, 2.05) is 0 Å². The summed E-state index contributed by atoms with van der Waals surface area (Å²) < 4.78 is 38.3. The highest BCUT2D eigenvalue weighted by atomic mass is 35.5. The largest absolute Gasteiger partial charge is 0.403 e. The zero-order valence-corrected chi connectivity index (χ0v) is 11.4. The highest BCUT2D eigenvalue weighted by molar-refractivity contribution is 6.33. The van der Waals surface area contributed by atoms with Gasteiger partial charge < -0.3 is 5.32 Å². The Labute approximate surface area is 123 Å². The first kappa shape index (κ1) is 15.5. The lowest BCUT2D eigenvalue weighted by Crippen LogP contribution is -2.40. The third-order valence-electron chi connectivity index (χ3n) is 3.36. The maximum atomic E-state index is 12.8. The number of rotatable bonds is 4. The minimum absolute atomic E-state index is 0.102. The van der Waals surface area contributed by atoms with E-state index in [1.54, 1.807) is 0 Å². The number of amides is 1. The van der Waals surface area contributed by atoms with Gasteiger partial charge in [0, 0.05) is 6.54 Å². The second kappa shape index (κ2) is 5.50. The number of alkyl halides is 3. The van der Waals surface area contributed by atoms with Crippen LogP contribution in [0.1, 0.15) is 18.4 Å². The maximum absolute atomic E-state index is 12.8. The first-order chi connectivity index (χ1) is 9.80. The van der Waals surface area contributed by atoms with E-state index >= 15 is 0 Å². The van der Waals surface area contributed by atoms with Crippen molar-refractivity contribution in [3.8, 4) is 0 Å². The number of benzene rings is 1. The Morgan fingerprint density at radius 1 is 1.43 bits per heavy atom. The third kappa shape index (κ3) is 3.09. The summed E-state index contributed by atoms with van der Waals surface area (Å²) in [5, 5.41) is 2.47. The summed E-state index contributed by atoms with van der Waals surface area (Å²) in [6.45, 7) is -0.102. The van der Waals surface area contributed by atoms with Crippen molar-refractivity contribution in [3.63, 3.8) is 0 Å². The standard InChI is InChI=1S/C13H10ClF3N2O2/c14-9-2-1-8(5-10(9)19-7-20)6-18-11(21)12(3-4-12)13(15,16)17/h1-2,5H,3-4,6H2,(H,18,21). The van der Waals surface area contributed by atoms with E-state index in [9.17, 15) is 22.8 Å². The number of aliphatic imine (C=N–C) groups is 1. The minimum Gasteiger partial charge on any atom is -0.351 e. The van der Waals surface area contributed by atoms with Gasteiger partial charge >= 0.3 is 6.18 Å². The molecule has 1 aliphatic carbocycles. The van der Waals surface area contributed by atoms with Crippen LogP contribution >= 0.6 is 11.6 Å². The molecule has 0 heterocycles. The van der Waals surface area contributed by atoms with Crippen LogP contribution < -0.4 is 5.32 Å². The summed E-state index contributed by atoms with van der Waals surface area (Å²) in [5.41, 5.74) is -1.61. The average Bonchev–Trinajstić information content (AvgIpc) is 3.20. The molecule has 0 aliphatic heterocycles. The molecule has 1 N–H and O–H groups in total. The lowest BCUT2D eigenvalue weighted by molar-refractivity contribution is -0.192. The fourth-order valence-electron chi connectivity index (χ4n) is 1.92. The molecule has 1 fully saturated rings. The number of nitrogens with one attached hydrogen (secondary N) is 1. The Bertz CT molecular complexity index is 620. The SMILES string of the molecule is O=C=Nc1cc(CNC(=O)C2(C(F)(F)F)CC2)ccc1Cl. The zero-order valence-electron chi connectivity index (χ0n) is 10.6. The van der Waals surface area contributed by atoms with Crippen LogP contribution in [0.5, 0.6) is 0 Å². The summed E-state index contributed by atoms with van der Waals surface area (Å²) >= 11 is 5.77. The quantitative estimate of drug-likeness (QED) is 0.684. The van der Waals surface area contributed by atoms with Crippen molar-refractivity contribution >= 4 is 29.3 Å². The van der Waals surface area contributed by atoms with Crippen LogP contribution in [0.2, 0.25) is 5.02 Å². The fraction of sp³-hybridized carbons (Fsp3) is 0.385. The van der Waals surface area contributed by atoms with Crippen LogP contribution in [0.15, 0.2) is 23.2 Å². The van der Waals surface area contributed by atoms with E-state index in [0.717, 1.165) is 0 Å². The maximum Gasteiger partial charge on any atom is 0.403 e. The molecule has 0 bridgehead atoms. The molecule has 0 saturated heterocycles. The molecule has 1 amide bonds. The van der Waals surface area contributed by atoms with Crippen molar-refractivity contribution in [1.29, 1.82) is 0 Å². The predicted molar refractivity (Wildman–Crippen MR) is 68.8 cm³/mol. The predicted octanol–water partition coefficient (Wildman–Crippen LogP) is 3.27. The van der Waals surface area contributed by atoms with E-state index in [-0.39, 0.29) is 30.1 Å². The fourth-order valence-corrected chi connectivity index (χ4v) is 2.08. The van der Waals surface area contributed by atoms with Gasteiger partial charge in [-0.1, -0.05) is 17.7 Å². The van der Waals surface area contributed by atoms with Crippen molar-refractivity contribution < 1.29 is 22.8 Å². The van der Waals surface area contributed by atoms with E-state index in [4.69, 9.17) is 11.6 Å². The van der Waals surface area contributed by atoms with Crippen molar-refractivity contribution in [3.05, 3.63) is 28.8 Å².